The van der Waals surface area contributed by atoms with Gasteiger partial charge in [-0.3, -0.25) is 0 Å². The Kier molecular flexibility index (Phi) is 2.69. The quantitative estimate of drug-likeness (QED) is 0.631. The molecule has 0 amide bonds. The predicted molar refractivity (Wildman–Crippen MR) is 81.3 cm³/mol. The lowest BCUT2D eigenvalue weighted by molar-refractivity contribution is 0.0534. The van der Waals surface area contributed by atoms with Crippen LogP contribution in [0.3, 0.4) is 0 Å². The molecule has 3 nitrogen and oxygen atoms in total. The highest BCUT2D eigenvalue weighted by atomic mass is 35.5. The summed E-state index contributed by atoms with van der Waals surface area (Å²) in [6, 6.07) is 15.3. The molecule has 0 N–H and O–H groups in total. The summed E-state index contributed by atoms with van der Waals surface area (Å²) in [5, 5.41) is 1.53. The number of ether oxygens (including phenoxy) is 1. The largest absolute Gasteiger partial charge is 0.455 e. The second-order valence-corrected chi connectivity index (χ2v) is 5.35. The number of aromatic nitrogens is 1. The summed E-state index contributed by atoms with van der Waals surface area (Å²) in [5.41, 5.74) is 3.86. The van der Waals surface area contributed by atoms with Crippen LogP contribution in [0.15, 0.2) is 48.5 Å². The topological polar surface area (TPSA) is 39.2 Å². The lowest BCUT2D eigenvalue weighted by atomic mass is 9.95. The van der Waals surface area contributed by atoms with Gasteiger partial charge < -0.3 is 4.74 Å². The zero-order valence-corrected chi connectivity index (χ0v) is 11.7. The fourth-order valence-electron chi connectivity index (χ4n) is 2.72. The number of halogens is 1. The fraction of sp³-hybridized carbons (Fsp3) is 0.0588. The van der Waals surface area contributed by atoms with E-state index >= 15 is 0 Å². The maximum absolute atomic E-state index is 12.1. The third-order valence-electron chi connectivity index (χ3n) is 3.63. The minimum atomic E-state index is -0.312. The van der Waals surface area contributed by atoms with Gasteiger partial charge in [-0.25, -0.2) is 9.78 Å². The molecule has 0 spiro atoms. The summed E-state index contributed by atoms with van der Waals surface area (Å²) in [6.45, 7) is 0.219. The molecule has 0 radical (unpaired) electrons. The normalized spacial score (nSPS) is 13.3. The van der Waals surface area contributed by atoms with E-state index in [4.69, 9.17) is 16.3 Å². The number of hydrogen-bond acceptors (Lipinski definition) is 3. The average molecular weight is 296 g/mol. The number of hydrogen-bond donors (Lipinski definition) is 0. The van der Waals surface area contributed by atoms with Crippen molar-refractivity contribution in [3.63, 3.8) is 0 Å². The van der Waals surface area contributed by atoms with Crippen LogP contribution in [0, 0.1) is 0 Å². The van der Waals surface area contributed by atoms with Gasteiger partial charge in [-0.05, 0) is 17.7 Å². The average Bonchev–Trinajstić information content (AvgIpc) is 2.87. The van der Waals surface area contributed by atoms with Crippen molar-refractivity contribution in [3.8, 4) is 11.1 Å². The van der Waals surface area contributed by atoms with E-state index in [1.807, 2.05) is 48.5 Å². The highest BCUT2D eigenvalue weighted by molar-refractivity contribution is 6.31. The molecular weight excluding hydrogens is 286 g/mol. The molecule has 0 atom stereocenters. The van der Waals surface area contributed by atoms with Crippen LogP contribution in [0.25, 0.3) is 22.0 Å². The molecule has 4 heteroatoms. The standard InChI is InChI=1S/C17H10ClNO2/c18-11-6-7-12-13(8-11)19-14-9-21-17(20)16(14)15(12)10-4-2-1-3-5-10/h1-8H,9H2. The van der Waals surface area contributed by atoms with Gasteiger partial charge in [0, 0.05) is 16.0 Å². The molecule has 0 saturated heterocycles. The van der Waals surface area contributed by atoms with Crippen LogP contribution >= 0.6 is 11.6 Å². The first kappa shape index (κ1) is 12.4. The first-order valence-electron chi connectivity index (χ1n) is 6.59. The van der Waals surface area contributed by atoms with E-state index < -0.39 is 0 Å². The Morgan fingerprint density at radius 2 is 1.86 bits per heavy atom. The van der Waals surface area contributed by atoms with E-state index in [1.54, 1.807) is 0 Å². The number of fused-ring (bicyclic) bond motifs is 2. The number of carbonyl (C=O) groups is 1. The second-order valence-electron chi connectivity index (χ2n) is 4.91. The Morgan fingerprint density at radius 1 is 1.05 bits per heavy atom. The third-order valence-corrected chi connectivity index (χ3v) is 3.86. The van der Waals surface area contributed by atoms with Gasteiger partial charge in [0.15, 0.2) is 0 Å². The Bertz CT molecular complexity index is 875. The van der Waals surface area contributed by atoms with Crippen LogP contribution in [0.1, 0.15) is 16.1 Å². The molecule has 1 aliphatic rings. The Morgan fingerprint density at radius 3 is 2.67 bits per heavy atom. The molecule has 1 aliphatic heterocycles. The zero-order chi connectivity index (χ0) is 14.4. The number of carbonyl (C=O) groups excluding carboxylic acids is 1. The zero-order valence-electron chi connectivity index (χ0n) is 11.0. The Hall–Kier alpha value is -2.39. The number of cyclic esters (lactones) is 1. The SMILES string of the molecule is O=C1OCc2nc3cc(Cl)ccc3c(-c3ccccc3)c21. The van der Waals surface area contributed by atoms with Gasteiger partial charge in [-0.1, -0.05) is 48.0 Å². The van der Waals surface area contributed by atoms with E-state index in [1.165, 1.54) is 0 Å². The van der Waals surface area contributed by atoms with Crippen molar-refractivity contribution < 1.29 is 9.53 Å². The van der Waals surface area contributed by atoms with Crippen molar-refractivity contribution in [3.05, 3.63) is 64.8 Å². The summed E-state index contributed by atoms with van der Waals surface area (Å²) in [7, 11) is 0. The molecule has 1 aromatic heterocycles. The minimum absolute atomic E-state index is 0.219. The fourth-order valence-corrected chi connectivity index (χ4v) is 2.89. The highest BCUT2D eigenvalue weighted by Gasteiger charge is 2.28. The number of rotatable bonds is 1. The van der Waals surface area contributed by atoms with E-state index in [2.05, 4.69) is 4.98 Å². The van der Waals surface area contributed by atoms with E-state index in [0.29, 0.717) is 16.3 Å². The summed E-state index contributed by atoms with van der Waals surface area (Å²) < 4.78 is 5.15. The maximum Gasteiger partial charge on any atom is 0.341 e. The van der Waals surface area contributed by atoms with Crippen LogP contribution in [-0.4, -0.2) is 11.0 Å². The van der Waals surface area contributed by atoms with Gasteiger partial charge in [-0.2, -0.15) is 0 Å². The predicted octanol–water partition coefficient (Wildman–Crippen LogP) is 4.23. The molecule has 2 aromatic carbocycles. The van der Waals surface area contributed by atoms with Crippen LogP contribution in [0.2, 0.25) is 5.02 Å². The number of benzene rings is 2. The van der Waals surface area contributed by atoms with Crippen molar-refractivity contribution in [2.24, 2.45) is 0 Å². The van der Waals surface area contributed by atoms with Crippen LogP contribution in [0.5, 0.6) is 0 Å². The Balaban J connectivity index is 2.16. The molecule has 102 valence electrons. The molecule has 0 unspecified atom stereocenters. The van der Waals surface area contributed by atoms with Gasteiger partial charge in [0.2, 0.25) is 0 Å². The van der Waals surface area contributed by atoms with Gasteiger partial charge in [0.05, 0.1) is 16.8 Å². The Labute approximate surface area is 126 Å². The monoisotopic (exact) mass is 295 g/mol. The van der Waals surface area contributed by atoms with Crippen molar-refractivity contribution in [2.75, 3.05) is 0 Å². The first-order valence-corrected chi connectivity index (χ1v) is 6.96. The summed E-state index contributed by atoms with van der Waals surface area (Å²) in [4.78, 5) is 16.6. The second kappa shape index (κ2) is 4.57. The van der Waals surface area contributed by atoms with Crippen LogP contribution in [0.4, 0.5) is 0 Å². The van der Waals surface area contributed by atoms with Crippen molar-refractivity contribution in [1.82, 2.24) is 4.98 Å². The molecule has 0 aliphatic carbocycles. The molecule has 0 fully saturated rings. The lowest BCUT2D eigenvalue weighted by Gasteiger charge is -2.10. The van der Waals surface area contributed by atoms with Gasteiger partial charge in [0.1, 0.15) is 6.61 Å². The molecule has 21 heavy (non-hydrogen) atoms. The highest BCUT2D eigenvalue weighted by Crippen LogP contribution is 2.37. The van der Waals surface area contributed by atoms with E-state index in [0.717, 1.165) is 22.0 Å². The minimum Gasteiger partial charge on any atom is -0.455 e. The molecule has 3 aromatic rings. The number of esters is 1. The molecule has 0 bridgehead atoms. The summed E-state index contributed by atoms with van der Waals surface area (Å²) >= 11 is 6.06. The van der Waals surface area contributed by atoms with Crippen LogP contribution in [-0.2, 0) is 11.3 Å². The number of nitrogens with zero attached hydrogens (tertiary/aromatic N) is 1. The molecule has 2 heterocycles. The van der Waals surface area contributed by atoms with Crippen molar-refractivity contribution in [1.29, 1.82) is 0 Å². The van der Waals surface area contributed by atoms with E-state index in [9.17, 15) is 4.79 Å². The molecular formula is C17H10ClNO2. The molecule has 0 saturated carbocycles. The van der Waals surface area contributed by atoms with Crippen molar-refractivity contribution >= 4 is 28.5 Å². The molecule has 4 rings (SSSR count). The smallest absolute Gasteiger partial charge is 0.341 e. The third kappa shape index (κ3) is 1.89. The van der Waals surface area contributed by atoms with Gasteiger partial charge in [-0.15, -0.1) is 0 Å². The summed E-state index contributed by atoms with van der Waals surface area (Å²) in [6.07, 6.45) is 0. The van der Waals surface area contributed by atoms with Gasteiger partial charge in [0.25, 0.3) is 0 Å². The first-order chi connectivity index (χ1) is 10.2. The van der Waals surface area contributed by atoms with E-state index in [-0.39, 0.29) is 12.6 Å². The maximum atomic E-state index is 12.1. The summed E-state index contributed by atoms with van der Waals surface area (Å²) in [5.74, 6) is -0.312. The van der Waals surface area contributed by atoms with Crippen LogP contribution < -0.4 is 0 Å². The van der Waals surface area contributed by atoms with Gasteiger partial charge >= 0.3 is 5.97 Å². The number of pyridine rings is 1. The lowest BCUT2D eigenvalue weighted by Crippen LogP contribution is -2.00. The van der Waals surface area contributed by atoms with Crippen molar-refractivity contribution in [2.45, 2.75) is 6.61 Å².